The molecule has 2 fully saturated rings. The molecule has 1 saturated heterocycles. The predicted molar refractivity (Wildman–Crippen MR) is 89.3 cm³/mol. The molecule has 1 saturated carbocycles. The molecule has 1 unspecified atom stereocenters. The van der Waals surface area contributed by atoms with Crippen molar-refractivity contribution in [1.82, 2.24) is 29.9 Å². The van der Waals surface area contributed by atoms with E-state index >= 15 is 0 Å². The van der Waals surface area contributed by atoms with Crippen LogP contribution in [0.1, 0.15) is 56.1 Å². The SMILES string of the molecule is CCn1ccnc1CNC1CCCN(Cc2noc(C3CC3)n2)C1. The van der Waals surface area contributed by atoms with Crippen LogP contribution in [-0.2, 0) is 19.6 Å². The Balaban J connectivity index is 1.28. The summed E-state index contributed by atoms with van der Waals surface area (Å²) in [6, 6.07) is 0.496. The van der Waals surface area contributed by atoms with Gasteiger partial charge < -0.3 is 14.4 Å². The van der Waals surface area contributed by atoms with Gasteiger partial charge in [-0.3, -0.25) is 4.90 Å². The predicted octanol–water partition coefficient (Wildman–Crippen LogP) is 1.92. The number of imidazole rings is 1. The Kier molecular flexibility index (Phi) is 4.62. The van der Waals surface area contributed by atoms with Crippen LogP contribution in [0.3, 0.4) is 0 Å². The molecule has 1 N–H and O–H groups in total. The second-order valence-electron chi connectivity index (χ2n) is 6.91. The van der Waals surface area contributed by atoms with Crippen LogP contribution in [0.2, 0.25) is 0 Å². The van der Waals surface area contributed by atoms with E-state index in [9.17, 15) is 0 Å². The highest BCUT2D eigenvalue weighted by Gasteiger charge is 2.30. The summed E-state index contributed by atoms with van der Waals surface area (Å²) in [5, 5.41) is 7.80. The molecule has 2 aromatic rings. The van der Waals surface area contributed by atoms with Crippen molar-refractivity contribution in [3.8, 4) is 0 Å². The summed E-state index contributed by atoms with van der Waals surface area (Å²) in [6.07, 6.45) is 8.73. The molecule has 1 aliphatic carbocycles. The van der Waals surface area contributed by atoms with E-state index in [1.807, 2.05) is 12.4 Å². The van der Waals surface area contributed by atoms with Crippen molar-refractivity contribution in [2.24, 2.45) is 0 Å². The number of aromatic nitrogens is 4. The smallest absolute Gasteiger partial charge is 0.229 e. The second kappa shape index (κ2) is 7.03. The molecule has 3 heterocycles. The Labute approximate surface area is 142 Å². The molecule has 130 valence electrons. The van der Waals surface area contributed by atoms with Gasteiger partial charge in [-0.1, -0.05) is 5.16 Å². The van der Waals surface area contributed by atoms with Crippen LogP contribution in [0.4, 0.5) is 0 Å². The molecular formula is C17H26N6O. The van der Waals surface area contributed by atoms with Crippen molar-refractivity contribution in [1.29, 1.82) is 0 Å². The van der Waals surface area contributed by atoms with Crippen LogP contribution in [-0.4, -0.2) is 43.7 Å². The zero-order chi connectivity index (χ0) is 16.4. The number of hydrogen-bond acceptors (Lipinski definition) is 6. The summed E-state index contributed by atoms with van der Waals surface area (Å²) in [4.78, 5) is 11.4. The average Bonchev–Trinajstić information content (AvgIpc) is 3.17. The first-order valence-electron chi connectivity index (χ1n) is 9.10. The molecule has 1 atom stereocenters. The van der Waals surface area contributed by atoms with E-state index in [0.717, 1.165) is 50.3 Å². The minimum absolute atomic E-state index is 0.496. The maximum Gasteiger partial charge on any atom is 0.229 e. The Morgan fingerprint density at radius 2 is 2.25 bits per heavy atom. The molecule has 4 rings (SSSR count). The minimum Gasteiger partial charge on any atom is -0.339 e. The molecule has 0 bridgehead atoms. The van der Waals surface area contributed by atoms with Crippen molar-refractivity contribution >= 4 is 0 Å². The largest absolute Gasteiger partial charge is 0.339 e. The molecular weight excluding hydrogens is 304 g/mol. The van der Waals surface area contributed by atoms with Crippen molar-refractivity contribution in [3.63, 3.8) is 0 Å². The van der Waals surface area contributed by atoms with Gasteiger partial charge in [-0.05, 0) is 39.2 Å². The molecule has 2 aliphatic rings. The van der Waals surface area contributed by atoms with Crippen molar-refractivity contribution in [3.05, 3.63) is 29.9 Å². The van der Waals surface area contributed by atoms with Gasteiger partial charge in [0.15, 0.2) is 5.82 Å². The lowest BCUT2D eigenvalue weighted by Gasteiger charge is -2.32. The maximum atomic E-state index is 5.36. The topological polar surface area (TPSA) is 72.0 Å². The Morgan fingerprint density at radius 1 is 1.33 bits per heavy atom. The van der Waals surface area contributed by atoms with E-state index < -0.39 is 0 Å². The van der Waals surface area contributed by atoms with Gasteiger partial charge in [0.05, 0.1) is 13.1 Å². The molecule has 0 spiro atoms. The highest BCUT2D eigenvalue weighted by molar-refractivity contribution is 5.02. The molecule has 0 radical (unpaired) electrons. The Bertz CT molecular complexity index is 662. The highest BCUT2D eigenvalue weighted by Crippen LogP contribution is 2.38. The summed E-state index contributed by atoms with van der Waals surface area (Å²) in [5.41, 5.74) is 0. The standard InChI is InChI=1S/C17H26N6O/c1-2-23-9-7-18-16(23)10-19-14-4-3-8-22(11-14)12-15-20-17(24-21-15)13-5-6-13/h7,9,13-14,19H,2-6,8,10-12H2,1H3. The summed E-state index contributed by atoms with van der Waals surface area (Å²) in [7, 11) is 0. The summed E-state index contributed by atoms with van der Waals surface area (Å²) < 4.78 is 7.55. The molecule has 1 aliphatic heterocycles. The van der Waals surface area contributed by atoms with E-state index in [-0.39, 0.29) is 0 Å². The average molecular weight is 330 g/mol. The molecule has 24 heavy (non-hydrogen) atoms. The van der Waals surface area contributed by atoms with Crippen LogP contribution in [0.25, 0.3) is 0 Å². The summed E-state index contributed by atoms with van der Waals surface area (Å²) >= 11 is 0. The molecule has 7 heteroatoms. The number of aryl methyl sites for hydroxylation is 1. The fourth-order valence-corrected chi connectivity index (χ4v) is 3.42. The Morgan fingerprint density at radius 3 is 3.08 bits per heavy atom. The van der Waals surface area contributed by atoms with Gasteiger partial charge in [0.1, 0.15) is 5.82 Å². The number of rotatable bonds is 7. The highest BCUT2D eigenvalue weighted by atomic mass is 16.5. The van der Waals surface area contributed by atoms with E-state index in [1.165, 1.54) is 25.7 Å². The van der Waals surface area contributed by atoms with Crippen molar-refractivity contribution in [2.45, 2.75) is 64.2 Å². The molecule has 0 aromatic carbocycles. The molecule has 0 amide bonds. The summed E-state index contributed by atoms with van der Waals surface area (Å²) in [5.74, 6) is 3.31. The second-order valence-corrected chi connectivity index (χ2v) is 6.91. The van der Waals surface area contributed by atoms with Gasteiger partial charge in [-0.15, -0.1) is 0 Å². The van der Waals surface area contributed by atoms with E-state index in [2.05, 4.69) is 36.8 Å². The first kappa shape index (κ1) is 15.8. The third kappa shape index (κ3) is 3.67. The van der Waals surface area contributed by atoms with E-state index in [0.29, 0.717) is 12.0 Å². The quantitative estimate of drug-likeness (QED) is 0.836. The third-order valence-electron chi connectivity index (χ3n) is 4.97. The number of likely N-dealkylation sites (tertiary alicyclic amines) is 1. The first-order chi connectivity index (χ1) is 11.8. The lowest BCUT2D eigenvalue weighted by atomic mass is 10.1. The number of nitrogens with one attached hydrogen (secondary N) is 1. The van der Waals surface area contributed by atoms with Gasteiger partial charge >= 0.3 is 0 Å². The zero-order valence-electron chi connectivity index (χ0n) is 14.3. The van der Waals surface area contributed by atoms with Gasteiger partial charge in [-0.2, -0.15) is 4.98 Å². The van der Waals surface area contributed by atoms with Crippen LogP contribution in [0.5, 0.6) is 0 Å². The van der Waals surface area contributed by atoms with Crippen LogP contribution in [0, 0.1) is 0 Å². The van der Waals surface area contributed by atoms with E-state index in [1.54, 1.807) is 0 Å². The minimum atomic E-state index is 0.496. The van der Waals surface area contributed by atoms with E-state index in [4.69, 9.17) is 4.52 Å². The van der Waals surface area contributed by atoms with Gasteiger partial charge in [-0.25, -0.2) is 4.98 Å². The normalized spacial score (nSPS) is 22.1. The third-order valence-corrected chi connectivity index (χ3v) is 4.97. The van der Waals surface area contributed by atoms with Gasteiger partial charge in [0, 0.05) is 37.4 Å². The zero-order valence-corrected chi connectivity index (χ0v) is 14.3. The fraction of sp³-hybridized carbons (Fsp3) is 0.706. The lowest BCUT2D eigenvalue weighted by Crippen LogP contribution is -2.45. The molecule has 7 nitrogen and oxygen atoms in total. The van der Waals surface area contributed by atoms with Gasteiger partial charge in [0.2, 0.25) is 5.89 Å². The summed E-state index contributed by atoms with van der Waals surface area (Å²) in [6.45, 7) is 6.86. The van der Waals surface area contributed by atoms with Crippen LogP contribution >= 0.6 is 0 Å². The lowest BCUT2D eigenvalue weighted by molar-refractivity contribution is 0.176. The van der Waals surface area contributed by atoms with Crippen molar-refractivity contribution in [2.75, 3.05) is 13.1 Å². The number of nitrogens with zero attached hydrogens (tertiary/aromatic N) is 5. The Hall–Kier alpha value is -1.73. The fourth-order valence-electron chi connectivity index (χ4n) is 3.42. The number of hydrogen-bond donors (Lipinski definition) is 1. The first-order valence-corrected chi connectivity index (χ1v) is 9.10. The van der Waals surface area contributed by atoms with Gasteiger partial charge in [0.25, 0.3) is 0 Å². The maximum absolute atomic E-state index is 5.36. The number of piperidine rings is 1. The van der Waals surface area contributed by atoms with Crippen molar-refractivity contribution < 1.29 is 4.52 Å². The van der Waals surface area contributed by atoms with Crippen LogP contribution < -0.4 is 5.32 Å². The monoisotopic (exact) mass is 330 g/mol. The van der Waals surface area contributed by atoms with Crippen LogP contribution in [0.15, 0.2) is 16.9 Å². The molecule has 2 aromatic heterocycles.